The third-order valence-corrected chi connectivity index (χ3v) is 5.35. The van der Waals surface area contributed by atoms with Crippen molar-refractivity contribution in [2.75, 3.05) is 0 Å². The van der Waals surface area contributed by atoms with Crippen LogP contribution < -0.4 is 0 Å². The lowest BCUT2D eigenvalue weighted by Crippen LogP contribution is -2.08. The van der Waals surface area contributed by atoms with Gasteiger partial charge in [-0.2, -0.15) is 5.10 Å². The van der Waals surface area contributed by atoms with Gasteiger partial charge in [0.25, 0.3) is 0 Å². The quantitative estimate of drug-likeness (QED) is 0.537. The number of nitrogens with zero attached hydrogens (tertiary/aromatic N) is 5. The molecule has 1 saturated carbocycles. The van der Waals surface area contributed by atoms with E-state index in [-0.39, 0.29) is 12.4 Å². The second-order valence-corrected chi connectivity index (χ2v) is 7.46. The Morgan fingerprint density at radius 2 is 2.12 bits per heavy atom. The highest BCUT2D eigenvalue weighted by atomic mass is 79.9. The van der Waals surface area contributed by atoms with Gasteiger partial charge in [0.05, 0.1) is 29.9 Å². The number of rotatable bonds is 2. The molecule has 130 valence electrons. The molecule has 2 aliphatic rings. The number of aliphatic hydroxyl groups is 1. The lowest BCUT2D eigenvalue weighted by molar-refractivity contribution is 0.144. The summed E-state index contributed by atoms with van der Waals surface area (Å²) in [6.45, 7) is 2.60. The zero-order valence-corrected chi connectivity index (χ0v) is 16.0. The Bertz CT molecular complexity index is 962. The van der Waals surface area contributed by atoms with E-state index in [1.54, 1.807) is 0 Å². The molecule has 5 rings (SSSR count). The highest BCUT2D eigenvalue weighted by Crippen LogP contribution is 2.41. The molecule has 3 heterocycles. The minimum atomic E-state index is -0.564. The number of halogens is 2. The van der Waals surface area contributed by atoms with Crippen LogP contribution in [0.5, 0.6) is 0 Å². The average molecular weight is 423 g/mol. The van der Waals surface area contributed by atoms with Crippen molar-refractivity contribution >= 4 is 28.3 Å². The van der Waals surface area contributed by atoms with Crippen LogP contribution in [-0.4, -0.2) is 29.4 Å². The van der Waals surface area contributed by atoms with Gasteiger partial charge in [-0.15, -0.1) is 12.4 Å². The van der Waals surface area contributed by atoms with Gasteiger partial charge in [0, 0.05) is 10.0 Å². The summed E-state index contributed by atoms with van der Waals surface area (Å²) in [5.74, 6) is 1.64. The van der Waals surface area contributed by atoms with E-state index in [0.29, 0.717) is 18.3 Å². The van der Waals surface area contributed by atoms with Crippen LogP contribution in [0.2, 0.25) is 0 Å². The number of hydrogen-bond donors (Lipinski definition) is 1. The molecular weight excluding hydrogens is 406 g/mol. The van der Waals surface area contributed by atoms with Crippen LogP contribution in [0.3, 0.4) is 0 Å². The van der Waals surface area contributed by atoms with Crippen molar-refractivity contribution in [2.45, 2.75) is 32.4 Å². The number of fused-ring (bicyclic) bond motifs is 5. The van der Waals surface area contributed by atoms with E-state index in [1.807, 2.05) is 30.1 Å². The van der Waals surface area contributed by atoms with Crippen LogP contribution in [0.4, 0.5) is 0 Å². The average Bonchev–Trinajstić information content (AvgIpc) is 3.27. The van der Waals surface area contributed by atoms with Crippen molar-refractivity contribution in [3.63, 3.8) is 0 Å². The van der Waals surface area contributed by atoms with Crippen LogP contribution >= 0.6 is 28.3 Å². The first kappa shape index (κ1) is 16.8. The Hall–Kier alpha value is -1.70. The smallest absolute Gasteiger partial charge is 0.180 e. The Kier molecular flexibility index (Phi) is 3.97. The largest absolute Gasteiger partial charge is 0.385 e. The molecule has 1 fully saturated rings. The number of aryl methyl sites for hydroxylation is 1. The summed E-state index contributed by atoms with van der Waals surface area (Å²) in [6, 6.07) is 6.13. The molecular formula is C17H17BrClN5O. The van der Waals surface area contributed by atoms with Gasteiger partial charge < -0.3 is 9.67 Å². The second kappa shape index (κ2) is 5.93. The molecule has 25 heavy (non-hydrogen) atoms. The van der Waals surface area contributed by atoms with Gasteiger partial charge in [0.1, 0.15) is 6.10 Å². The molecule has 6 nitrogen and oxygen atoms in total. The van der Waals surface area contributed by atoms with Crippen molar-refractivity contribution in [3.05, 3.63) is 46.2 Å². The first-order valence-electron chi connectivity index (χ1n) is 8.08. The van der Waals surface area contributed by atoms with Gasteiger partial charge in [0.15, 0.2) is 11.6 Å². The Morgan fingerprint density at radius 1 is 1.32 bits per heavy atom. The summed E-state index contributed by atoms with van der Waals surface area (Å²) in [6.07, 6.45) is 3.40. The maximum Gasteiger partial charge on any atom is 0.180 e. The predicted molar refractivity (Wildman–Crippen MR) is 99.1 cm³/mol. The van der Waals surface area contributed by atoms with E-state index in [9.17, 15) is 5.11 Å². The van der Waals surface area contributed by atoms with Crippen molar-refractivity contribution in [2.24, 2.45) is 5.92 Å². The van der Waals surface area contributed by atoms with Gasteiger partial charge in [-0.1, -0.05) is 15.9 Å². The normalized spacial score (nSPS) is 16.3. The summed E-state index contributed by atoms with van der Waals surface area (Å²) < 4.78 is 4.98. The van der Waals surface area contributed by atoms with Crippen LogP contribution in [0, 0.1) is 12.8 Å². The van der Waals surface area contributed by atoms with Crippen LogP contribution in [-0.2, 0) is 6.54 Å². The minimum Gasteiger partial charge on any atom is -0.385 e. The van der Waals surface area contributed by atoms with Crippen molar-refractivity contribution < 1.29 is 5.11 Å². The molecule has 8 heteroatoms. The Morgan fingerprint density at radius 3 is 2.88 bits per heavy atom. The lowest BCUT2D eigenvalue weighted by Gasteiger charge is -2.09. The van der Waals surface area contributed by atoms with Crippen molar-refractivity contribution in [1.82, 2.24) is 24.3 Å². The molecule has 1 aromatic carbocycles. The zero-order valence-electron chi connectivity index (χ0n) is 13.6. The standard InChI is InChI=1S/C17H16BrN5O.ClH/c1-9-14-7-23-17(20-16(21-23)15(24)10-2-3-10)12-6-11(18)4-5-13(12)22(14)8-19-9;/h4-6,8,10,15,24H,2-3,7H2,1H3;1H. The fourth-order valence-electron chi connectivity index (χ4n) is 3.32. The Balaban J connectivity index is 0.00000157. The van der Waals surface area contributed by atoms with Crippen molar-refractivity contribution in [3.8, 4) is 17.1 Å². The maximum atomic E-state index is 10.4. The number of imidazole rings is 1. The van der Waals surface area contributed by atoms with Crippen LogP contribution in [0.15, 0.2) is 29.0 Å². The molecule has 3 aromatic rings. The summed E-state index contributed by atoms with van der Waals surface area (Å²) in [5.41, 5.74) is 4.10. The summed E-state index contributed by atoms with van der Waals surface area (Å²) >= 11 is 3.55. The SMILES string of the molecule is Cc1ncn2c1Cn1nc(C(O)C3CC3)nc1-c1cc(Br)ccc1-2.Cl. The molecule has 1 aliphatic heterocycles. The molecule has 0 amide bonds. The van der Waals surface area contributed by atoms with Gasteiger partial charge in [-0.3, -0.25) is 0 Å². The van der Waals surface area contributed by atoms with Gasteiger partial charge in [-0.05, 0) is 43.9 Å². The summed E-state index contributed by atoms with van der Waals surface area (Å²) in [4.78, 5) is 9.15. The number of aromatic nitrogens is 5. The third kappa shape index (κ3) is 2.61. The third-order valence-electron chi connectivity index (χ3n) is 4.86. The Labute approximate surface area is 159 Å². The van der Waals surface area contributed by atoms with E-state index >= 15 is 0 Å². The zero-order chi connectivity index (χ0) is 16.4. The van der Waals surface area contributed by atoms with E-state index in [1.165, 1.54) is 0 Å². The van der Waals surface area contributed by atoms with Gasteiger partial charge in [-0.25, -0.2) is 14.6 Å². The maximum absolute atomic E-state index is 10.4. The van der Waals surface area contributed by atoms with E-state index in [0.717, 1.165) is 45.8 Å². The molecule has 0 spiro atoms. The molecule has 1 N–H and O–H groups in total. The van der Waals surface area contributed by atoms with E-state index in [2.05, 4.69) is 36.6 Å². The molecule has 0 saturated heterocycles. The highest BCUT2D eigenvalue weighted by molar-refractivity contribution is 9.10. The van der Waals surface area contributed by atoms with Gasteiger partial charge in [0.2, 0.25) is 0 Å². The fraction of sp³-hybridized carbons (Fsp3) is 0.353. The number of benzene rings is 1. The first-order valence-corrected chi connectivity index (χ1v) is 8.87. The molecule has 2 aromatic heterocycles. The fourth-order valence-corrected chi connectivity index (χ4v) is 3.68. The van der Waals surface area contributed by atoms with Crippen LogP contribution in [0.1, 0.15) is 36.2 Å². The first-order chi connectivity index (χ1) is 11.6. The molecule has 1 atom stereocenters. The van der Waals surface area contributed by atoms with Crippen LogP contribution in [0.25, 0.3) is 17.1 Å². The number of aliphatic hydroxyl groups excluding tert-OH is 1. The molecule has 0 bridgehead atoms. The van der Waals surface area contributed by atoms with E-state index in [4.69, 9.17) is 4.98 Å². The van der Waals surface area contributed by atoms with E-state index < -0.39 is 6.10 Å². The summed E-state index contributed by atoms with van der Waals surface area (Å²) in [5, 5.41) is 15.0. The topological polar surface area (TPSA) is 68.8 Å². The molecule has 1 unspecified atom stereocenters. The molecule has 1 aliphatic carbocycles. The van der Waals surface area contributed by atoms with Crippen molar-refractivity contribution in [1.29, 1.82) is 0 Å². The van der Waals surface area contributed by atoms with Gasteiger partial charge >= 0.3 is 0 Å². The predicted octanol–water partition coefficient (Wildman–Crippen LogP) is 3.43. The highest BCUT2D eigenvalue weighted by Gasteiger charge is 2.35. The molecule has 0 radical (unpaired) electrons. The second-order valence-electron chi connectivity index (χ2n) is 6.54. The summed E-state index contributed by atoms with van der Waals surface area (Å²) in [7, 11) is 0. The minimum absolute atomic E-state index is 0. The monoisotopic (exact) mass is 421 g/mol. The lowest BCUT2D eigenvalue weighted by atomic mass is 10.1. The number of hydrogen-bond acceptors (Lipinski definition) is 4.